The Bertz CT molecular complexity index is 488. The summed E-state index contributed by atoms with van der Waals surface area (Å²) >= 11 is 0. The summed E-state index contributed by atoms with van der Waals surface area (Å²) in [4.78, 5) is 5.03. The van der Waals surface area contributed by atoms with Crippen molar-refractivity contribution in [2.75, 3.05) is 32.1 Å². The molecule has 0 radical (unpaired) electrons. The number of anilines is 1. The Morgan fingerprint density at radius 2 is 1.84 bits per heavy atom. The van der Waals surface area contributed by atoms with Gasteiger partial charge < -0.3 is 9.80 Å². The monoisotopic (exact) mass is 258 g/mol. The quantitative estimate of drug-likeness (QED) is 0.705. The van der Waals surface area contributed by atoms with Crippen molar-refractivity contribution < 1.29 is 0 Å². The third-order valence-electron chi connectivity index (χ3n) is 5.07. The van der Waals surface area contributed by atoms with Gasteiger partial charge in [-0.3, -0.25) is 0 Å². The molecule has 2 nitrogen and oxygen atoms in total. The number of nitrogens with zero attached hydrogens (tertiary/aromatic N) is 2. The van der Waals surface area contributed by atoms with Gasteiger partial charge in [0.2, 0.25) is 0 Å². The highest BCUT2D eigenvalue weighted by atomic mass is 15.2. The van der Waals surface area contributed by atoms with Gasteiger partial charge in [-0.05, 0) is 37.1 Å². The van der Waals surface area contributed by atoms with E-state index in [0.29, 0.717) is 16.9 Å². The second-order valence-electron chi connectivity index (χ2n) is 7.53. The molecule has 0 N–H and O–H groups in total. The van der Waals surface area contributed by atoms with Gasteiger partial charge in [0, 0.05) is 30.7 Å². The van der Waals surface area contributed by atoms with E-state index >= 15 is 0 Å². The average molecular weight is 258 g/mol. The van der Waals surface area contributed by atoms with Crippen LogP contribution >= 0.6 is 0 Å². The fourth-order valence-electron chi connectivity index (χ4n) is 4.82. The number of fused-ring (bicyclic) bond motifs is 2. The van der Waals surface area contributed by atoms with Gasteiger partial charge in [-0.1, -0.05) is 39.0 Å². The van der Waals surface area contributed by atoms with Crippen molar-refractivity contribution >= 4 is 5.69 Å². The largest absolute Gasteiger partial charge is 0.373 e. The fourth-order valence-corrected chi connectivity index (χ4v) is 4.82. The van der Waals surface area contributed by atoms with Crippen LogP contribution in [0.4, 0.5) is 5.69 Å². The molecule has 2 atom stereocenters. The highest BCUT2D eigenvalue weighted by Crippen LogP contribution is 2.53. The summed E-state index contributed by atoms with van der Waals surface area (Å²) in [6, 6.07) is 9.63. The Balaban J connectivity index is 2.14. The summed E-state index contributed by atoms with van der Waals surface area (Å²) in [6.07, 6.45) is 1.28. The van der Waals surface area contributed by atoms with Crippen LogP contribution in [0.25, 0.3) is 0 Å². The van der Waals surface area contributed by atoms with E-state index in [1.807, 2.05) is 0 Å². The van der Waals surface area contributed by atoms with Gasteiger partial charge in [0.1, 0.15) is 0 Å². The molecule has 0 unspecified atom stereocenters. The molecule has 1 spiro atoms. The molecule has 0 aromatic heterocycles. The molecule has 2 aliphatic rings. The molecule has 1 aromatic carbocycles. The molecule has 0 bridgehead atoms. The molecule has 2 aliphatic heterocycles. The van der Waals surface area contributed by atoms with Gasteiger partial charge >= 0.3 is 0 Å². The maximum Gasteiger partial charge on any atom is 0.0403 e. The minimum atomic E-state index is 0.309. The van der Waals surface area contributed by atoms with E-state index in [0.717, 1.165) is 0 Å². The molecule has 1 saturated heterocycles. The predicted octanol–water partition coefficient (Wildman–Crippen LogP) is 3.12. The molecule has 3 rings (SSSR count). The van der Waals surface area contributed by atoms with Crippen molar-refractivity contribution in [3.8, 4) is 0 Å². The van der Waals surface area contributed by atoms with Crippen LogP contribution in [0, 0.1) is 5.41 Å². The average Bonchev–Trinajstić information content (AvgIpc) is 2.80. The van der Waals surface area contributed by atoms with Crippen LogP contribution in [0.3, 0.4) is 0 Å². The first-order valence-corrected chi connectivity index (χ1v) is 7.37. The van der Waals surface area contributed by atoms with E-state index in [-0.39, 0.29) is 0 Å². The van der Waals surface area contributed by atoms with Crippen molar-refractivity contribution in [1.29, 1.82) is 0 Å². The molecular weight excluding hydrogens is 232 g/mol. The SMILES string of the molecule is CN1C[C@]2(CCN(C)[C@@H]2C(C)(C)C)c2ccccc21. The molecule has 2 heteroatoms. The minimum absolute atomic E-state index is 0.309. The highest BCUT2D eigenvalue weighted by Gasteiger charge is 2.55. The minimum Gasteiger partial charge on any atom is -0.373 e. The molecule has 0 amide bonds. The Morgan fingerprint density at radius 1 is 1.16 bits per heavy atom. The van der Waals surface area contributed by atoms with Gasteiger partial charge in [0.25, 0.3) is 0 Å². The number of likely N-dealkylation sites (N-methyl/N-ethyl adjacent to an activating group) is 2. The second-order valence-corrected chi connectivity index (χ2v) is 7.53. The zero-order valence-corrected chi connectivity index (χ0v) is 12.9. The molecule has 0 saturated carbocycles. The number of hydrogen-bond donors (Lipinski definition) is 0. The fraction of sp³-hybridized carbons (Fsp3) is 0.647. The van der Waals surface area contributed by atoms with Crippen LogP contribution in [0.15, 0.2) is 24.3 Å². The Labute approximate surface area is 117 Å². The van der Waals surface area contributed by atoms with E-state index in [1.165, 1.54) is 25.2 Å². The lowest BCUT2D eigenvalue weighted by Gasteiger charge is -2.43. The van der Waals surface area contributed by atoms with Crippen molar-refractivity contribution in [3.63, 3.8) is 0 Å². The number of benzene rings is 1. The van der Waals surface area contributed by atoms with Crippen LogP contribution in [0.2, 0.25) is 0 Å². The summed E-state index contributed by atoms with van der Waals surface area (Å²) < 4.78 is 0. The first-order chi connectivity index (χ1) is 8.86. The van der Waals surface area contributed by atoms with Crippen molar-refractivity contribution in [2.24, 2.45) is 5.41 Å². The number of hydrogen-bond acceptors (Lipinski definition) is 2. The normalized spacial score (nSPS) is 31.2. The van der Waals surface area contributed by atoms with Crippen LogP contribution in [0.5, 0.6) is 0 Å². The Hall–Kier alpha value is -1.02. The van der Waals surface area contributed by atoms with Crippen LogP contribution in [-0.4, -0.2) is 38.1 Å². The summed E-state index contributed by atoms with van der Waals surface area (Å²) in [5.74, 6) is 0. The molecule has 2 heterocycles. The van der Waals surface area contributed by atoms with E-state index in [1.54, 1.807) is 5.56 Å². The first-order valence-electron chi connectivity index (χ1n) is 7.37. The summed E-state index contributed by atoms with van der Waals surface area (Å²) in [6.45, 7) is 9.55. The lowest BCUT2D eigenvalue weighted by Crippen LogP contribution is -2.51. The summed E-state index contributed by atoms with van der Waals surface area (Å²) in [5, 5.41) is 0. The van der Waals surface area contributed by atoms with Crippen LogP contribution < -0.4 is 4.90 Å². The molecule has 1 fully saturated rings. The van der Waals surface area contributed by atoms with Crippen molar-refractivity contribution in [3.05, 3.63) is 29.8 Å². The molecule has 104 valence electrons. The lowest BCUT2D eigenvalue weighted by atomic mass is 9.66. The highest BCUT2D eigenvalue weighted by molar-refractivity contribution is 5.63. The Morgan fingerprint density at radius 3 is 2.53 bits per heavy atom. The molecule has 19 heavy (non-hydrogen) atoms. The van der Waals surface area contributed by atoms with Gasteiger partial charge in [0.05, 0.1) is 0 Å². The summed E-state index contributed by atoms with van der Waals surface area (Å²) in [7, 11) is 4.54. The maximum absolute atomic E-state index is 2.58. The van der Waals surface area contributed by atoms with Gasteiger partial charge in [-0.15, -0.1) is 0 Å². The zero-order chi connectivity index (χ0) is 13.8. The number of para-hydroxylation sites is 1. The number of likely N-dealkylation sites (tertiary alicyclic amines) is 1. The first kappa shape index (κ1) is 13.0. The standard InChI is InChI=1S/C17H26N2/c1-16(2,3)15-17(10-11-18(15)4)12-19(5)14-9-7-6-8-13(14)17/h6-9,15H,10-12H2,1-5H3/t15-,17-/m1/s1. The van der Waals surface area contributed by atoms with E-state index in [4.69, 9.17) is 0 Å². The topological polar surface area (TPSA) is 6.48 Å². The molecule has 1 aromatic rings. The maximum atomic E-state index is 2.58. The smallest absolute Gasteiger partial charge is 0.0403 e. The molecular formula is C17H26N2. The zero-order valence-electron chi connectivity index (χ0n) is 12.9. The van der Waals surface area contributed by atoms with Gasteiger partial charge in [-0.25, -0.2) is 0 Å². The third kappa shape index (κ3) is 1.73. The van der Waals surface area contributed by atoms with Crippen LogP contribution in [-0.2, 0) is 5.41 Å². The summed E-state index contributed by atoms with van der Waals surface area (Å²) in [5.41, 5.74) is 3.64. The lowest BCUT2D eigenvalue weighted by molar-refractivity contribution is 0.120. The van der Waals surface area contributed by atoms with Gasteiger partial charge in [-0.2, -0.15) is 0 Å². The van der Waals surface area contributed by atoms with Crippen LogP contribution in [0.1, 0.15) is 32.8 Å². The van der Waals surface area contributed by atoms with Crippen molar-refractivity contribution in [2.45, 2.75) is 38.6 Å². The molecule has 0 aliphatic carbocycles. The van der Waals surface area contributed by atoms with Gasteiger partial charge in [0.15, 0.2) is 0 Å². The predicted molar refractivity (Wildman–Crippen MR) is 81.9 cm³/mol. The van der Waals surface area contributed by atoms with E-state index in [9.17, 15) is 0 Å². The van der Waals surface area contributed by atoms with E-state index < -0.39 is 0 Å². The van der Waals surface area contributed by atoms with Crippen molar-refractivity contribution in [1.82, 2.24) is 4.90 Å². The third-order valence-corrected chi connectivity index (χ3v) is 5.07. The Kier molecular flexibility index (Phi) is 2.72. The number of rotatable bonds is 0. The van der Waals surface area contributed by atoms with E-state index in [2.05, 4.69) is 68.9 Å². The second kappa shape index (κ2) is 3.99.